The minimum absolute atomic E-state index is 0.0965. The number of anilines is 1. The van der Waals surface area contributed by atoms with Crippen LogP contribution in [-0.4, -0.2) is 20.6 Å². The van der Waals surface area contributed by atoms with Crippen LogP contribution in [0.1, 0.15) is 40.9 Å². The second-order valence-electron chi connectivity index (χ2n) is 6.37. The van der Waals surface area contributed by atoms with Crippen LogP contribution in [0, 0.1) is 6.92 Å². The van der Waals surface area contributed by atoms with Crippen LogP contribution in [-0.2, 0) is 7.05 Å². The Hall–Kier alpha value is -3.15. The summed E-state index contributed by atoms with van der Waals surface area (Å²) in [7, 11) is 1.68. The molecule has 0 radical (unpaired) electrons. The molecule has 134 valence electrons. The van der Waals surface area contributed by atoms with Gasteiger partial charge in [0.25, 0.3) is 5.56 Å². The quantitative estimate of drug-likeness (QED) is 0.735. The van der Waals surface area contributed by atoms with Crippen LogP contribution >= 0.6 is 0 Å². The fourth-order valence-electron chi connectivity index (χ4n) is 3.15. The van der Waals surface area contributed by atoms with Crippen molar-refractivity contribution in [3.63, 3.8) is 0 Å². The molecule has 0 bridgehead atoms. The first kappa shape index (κ1) is 17.7. The lowest BCUT2D eigenvalue weighted by atomic mass is 9.98. The minimum atomic E-state index is -0.982. The van der Waals surface area contributed by atoms with Gasteiger partial charge in [-0.1, -0.05) is 25.1 Å². The Morgan fingerprint density at radius 3 is 2.73 bits per heavy atom. The second-order valence-corrected chi connectivity index (χ2v) is 6.37. The highest BCUT2D eigenvalue weighted by molar-refractivity contribution is 5.94. The van der Waals surface area contributed by atoms with Gasteiger partial charge in [0.05, 0.1) is 28.8 Å². The van der Waals surface area contributed by atoms with Crippen molar-refractivity contribution >= 4 is 22.6 Å². The van der Waals surface area contributed by atoms with Crippen LogP contribution in [0.25, 0.3) is 10.9 Å². The van der Waals surface area contributed by atoms with Gasteiger partial charge in [-0.25, -0.2) is 9.78 Å². The largest absolute Gasteiger partial charge is 0.478 e. The highest BCUT2D eigenvalue weighted by atomic mass is 16.4. The van der Waals surface area contributed by atoms with E-state index in [1.54, 1.807) is 31.3 Å². The number of carboxylic acid groups (broad SMARTS) is 1. The summed E-state index contributed by atoms with van der Waals surface area (Å²) >= 11 is 0. The van der Waals surface area contributed by atoms with E-state index in [-0.39, 0.29) is 17.2 Å². The molecule has 3 aromatic rings. The Kier molecular flexibility index (Phi) is 4.75. The van der Waals surface area contributed by atoms with E-state index in [1.165, 1.54) is 10.9 Å². The molecular weight excluding hydrogens is 330 g/mol. The molecule has 0 aliphatic rings. The molecule has 6 nitrogen and oxygen atoms in total. The zero-order valence-electron chi connectivity index (χ0n) is 15.0. The molecule has 0 fully saturated rings. The normalized spacial score (nSPS) is 12.1. The maximum Gasteiger partial charge on any atom is 0.337 e. The summed E-state index contributed by atoms with van der Waals surface area (Å²) in [6, 6.07) is 10.5. The van der Waals surface area contributed by atoms with Gasteiger partial charge in [-0.15, -0.1) is 0 Å². The Balaban J connectivity index is 2.14. The summed E-state index contributed by atoms with van der Waals surface area (Å²) in [5.74, 6) is -0.982. The van der Waals surface area contributed by atoms with E-state index in [0.717, 1.165) is 11.1 Å². The number of rotatable bonds is 5. The molecule has 0 aliphatic heterocycles. The number of fused-ring (bicyclic) bond motifs is 1. The molecule has 0 aliphatic carbocycles. The number of aromatic nitrogens is 2. The van der Waals surface area contributed by atoms with E-state index >= 15 is 0 Å². The highest BCUT2D eigenvalue weighted by Gasteiger charge is 2.18. The van der Waals surface area contributed by atoms with Crippen LogP contribution < -0.4 is 10.9 Å². The standard InChI is InChI=1S/C20H21N3O3/c1-4-16(22-17-8-6-5-7-13(17)20(25)26)14-9-12(2)10-15-18(14)21-11-23(3)19(15)24/h5-11,16,22H,4H2,1-3H3,(H,25,26). The average molecular weight is 351 g/mol. The molecule has 1 unspecified atom stereocenters. The van der Waals surface area contributed by atoms with Gasteiger partial charge in [0.2, 0.25) is 0 Å². The van der Waals surface area contributed by atoms with Crippen LogP contribution in [0.3, 0.4) is 0 Å². The van der Waals surface area contributed by atoms with Gasteiger partial charge in [0.1, 0.15) is 0 Å². The molecule has 0 spiro atoms. The lowest BCUT2D eigenvalue weighted by molar-refractivity contribution is 0.0698. The summed E-state index contributed by atoms with van der Waals surface area (Å²) in [6.45, 7) is 3.95. The van der Waals surface area contributed by atoms with Gasteiger partial charge < -0.3 is 15.0 Å². The first-order valence-corrected chi connectivity index (χ1v) is 8.47. The third-order valence-electron chi connectivity index (χ3n) is 4.47. The van der Waals surface area contributed by atoms with Gasteiger partial charge >= 0.3 is 5.97 Å². The lowest BCUT2D eigenvalue weighted by Crippen LogP contribution is -2.19. The van der Waals surface area contributed by atoms with Crippen molar-refractivity contribution in [2.75, 3.05) is 5.32 Å². The van der Waals surface area contributed by atoms with Crippen LogP contribution in [0.2, 0.25) is 0 Å². The van der Waals surface area contributed by atoms with Crippen molar-refractivity contribution < 1.29 is 9.90 Å². The topological polar surface area (TPSA) is 84.2 Å². The summed E-state index contributed by atoms with van der Waals surface area (Å²) < 4.78 is 1.46. The molecule has 6 heteroatoms. The SMILES string of the molecule is CCC(Nc1ccccc1C(=O)O)c1cc(C)cc2c(=O)n(C)cnc12. The molecule has 26 heavy (non-hydrogen) atoms. The number of carboxylic acids is 1. The summed E-state index contributed by atoms with van der Waals surface area (Å²) in [4.78, 5) is 28.4. The average Bonchev–Trinajstić information content (AvgIpc) is 2.62. The van der Waals surface area contributed by atoms with Gasteiger partial charge in [0, 0.05) is 18.3 Å². The van der Waals surface area contributed by atoms with E-state index in [1.807, 2.05) is 26.0 Å². The molecule has 0 amide bonds. The minimum Gasteiger partial charge on any atom is -0.478 e. The lowest BCUT2D eigenvalue weighted by Gasteiger charge is -2.22. The van der Waals surface area contributed by atoms with Crippen LogP contribution in [0.4, 0.5) is 5.69 Å². The number of nitrogens with zero attached hydrogens (tertiary/aromatic N) is 2. The van der Waals surface area contributed by atoms with Crippen molar-refractivity contribution in [3.05, 3.63) is 69.8 Å². The van der Waals surface area contributed by atoms with Crippen molar-refractivity contribution in [1.82, 2.24) is 9.55 Å². The zero-order chi connectivity index (χ0) is 18.8. The number of benzene rings is 2. The Bertz CT molecular complexity index is 1040. The molecule has 3 rings (SSSR count). The van der Waals surface area contributed by atoms with Crippen molar-refractivity contribution in [3.8, 4) is 0 Å². The zero-order valence-corrected chi connectivity index (χ0v) is 15.0. The number of hydrogen-bond donors (Lipinski definition) is 2. The Morgan fingerprint density at radius 1 is 1.31 bits per heavy atom. The second kappa shape index (κ2) is 7.00. The molecule has 0 saturated heterocycles. The number of hydrogen-bond acceptors (Lipinski definition) is 4. The summed E-state index contributed by atoms with van der Waals surface area (Å²) in [6.07, 6.45) is 2.23. The number of aromatic carboxylic acids is 1. The highest BCUT2D eigenvalue weighted by Crippen LogP contribution is 2.29. The molecule has 1 heterocycles. The first-order valence-electron chi connectivity index (χ1n) is 8.47. The van der Waals surface area contributed by atoms with Crippen LogP contribution in [0.5, 0.6) is 0 Å². The van der Waals surface area contributed by atoms with Gasteiger partial charge in [-0.05, 0) is 37.1 Å². The predicted molar refractivity (Wildman–Crippen MR) is 102 cm³/mol. The fraction of sp³-hybridized carbons (Fsp3) is 0.250. The first-order chi connectivity index (χ1) is 12.4. The van der Waals surface area contributed by atoms with E-state index in [9.17, 15) is 14.7 Å². The monoisotopic (exact) mass is 351 g/mol. The van der Waals surface area contributed by atoms with Crippen molar-refractivity contribution in [2.24, 2.45) is 7.05 Å². The van der Waals surface area contributed by atoms with Gasteiger partial charge in [-0.3, -0.25) is 4.79 Å². The maximum atomic E-state index is 12.5. The summed E-state index contributed by atoms with van der Waals surface area (Å²) in [5.41, 5.74) is 3.16. The predicted octanol–water partition coefficient (Wildman–Crippen LogP) is 3.50. The molecule has 2 aromatic carbocycles. The molecule has 0 saturated carbocycles. The maximum absolute atomic E-state index is 12.5. The third kappa shape index (κ3) is 3.18. The van der Waals surface area contributed by atoms with E-state index in [4.69, 9.17) is 0 Å². The van der Waals surface area contributed by atoms with Gasteiger partial charge in [-0.2, -0.15) is 0 Å². The number of aryl methyl sites for hydroxylation is 2. The fourth-order valence-corrected chi connectivity index (χ4v) is 3.15. The van der Waals surface area contributed by atoms with Gasteiger partial charge in [0.15, 0.2) is 0 Å². The molecular formula is C20H21N3O3. The van der Waals surface area contributed by atoms with Crippen molar-refractivity contribution in [1.29, 1.82) is 0 Å². The smallest absolute Gasteiger partial charge is 0.337 e. The van der Waals surface area contributed by atoms with E-state index < -0.39 is 5.97 Å². The number of carbonyl (C=O) groups is 1. The molecule has 1 atom stereocenters. The Morgan fingerprint density at radius 2 is 2.04 bits per heavy atom. The molecule has 2 N–H and O–H groups in total. The van der Waals surface area contributed by atoms with Crippen molar-refractivity contribution in [2.45, 2.75) is 26.3 Å². The van der Waals surface area contributed by atoms with Crippen LogP contribution in [0.15, 0.2) is 47.5 Å². The molecule has 1 aromatic heterocycles. The number of nitrogens with one attached hydrogen (secondary N) is 1. The van der Waals surface area contributed by atoms with E-state index in [0.29, 0.717) is 23.0 Å². The number of para-hydroxylation sites is 1. The third-order valence-corrected chi connectivity index (χ3v) is 4.47. The summed E-state index contributed by atoms with van der Waals surface area (Å²) in [5, 5.41) is 13.3. The Labute approximate surface area is 151 Å². The van der Waals surface area contributed by atoms with E-state index in [2.05, 4.69) is 10.3 Å².